The number of nitro groups is 1. The first-order chi connectivity index (χ1) is 9.49. The van der Waals surface area contributed by atoms with Gasteiger partial charge >= 0.3 is 0 Å². The molecule has 0 fully saturated rings. The van der Waals surface area contributed by atoms with Crippen molar-refractivity contribution in [1.82, 2.24) is 0 Å². The normalized spacial score (nSPS) is 9.14. The maximum absolute atomic E-state index is 10.4. The van der Waals surface area contributed by atoms with Gasteiger partial charge in [0.2, 0.25) is 0 Å². The van der Waals surface area contributed by atoms with Gasteiger partial charge in [0, 0.05) is 43.4 Å². The fourth-order valence-electron chi connectivity index (χ4n) is 1.20. The van der Waals surface area contributed by atoms with E-state index in [4.69, 9.17) is 4.74 Å². The Hall–Kier alpha value is -1.26. The topological polar surface area (TPSA) is 52.4 Å². The summed E-state index contributed by atoms with van der Waals surface area (Å²) in [4.78, 5) is 9.91. The van der Waals surface area contributed by atoms with Crippen LogP contribution in [-0.4, -0.2) is 4.92 Å². The molecule has 0 unspecified atom stereocenters. The predicted octanol–water partition coefficient (Wildman–Crippen LogP) is 4.85. The minimum Gasteiger partial charge on any atom is -0.517 e. The van der Waals surface area contributed by atoms with Crippen LogP contribution in [0, 0.1) is 22.1 Å². The van der Waals surface area contributed by atoms with E-state index in [0.717, 1.165) is 5.92 Å². The van der Waals surface area contributed by atoms with Crippen molar-refractivity contribution >= 4 is 5.69 Å². The van der Waals surface area contributed by atoms with Gasteiger partial charge in [0.15, 0.2) is 5.69 Å². The van der Waals surface area contributed by atoms with Crippen LogP contribution in [0.2, 0.25) is 0 Å². The van der Waals surface area contributed by atoms with Gasteiger partial charge in [0.1, 0.15) is 5.75 Å². The van der Waals surface area contributed by atoms with Gasteiger partial charge in [0.05, 0.1) is 0 Å². The maximum atomic E-state index is 10.4. The second-order valence-electron chi connectivity index (χ2n) is 4.81. The molecule has 0 saturated carbocycles. The molecule has 0 saturated heterocycles. The zero-order chi connectivity index (χ0) is 15.0. The van der Waals surface area contributed by atoms with Crippen LogP contribution in [0.4, 0.5) is 5.69 Å². The van der Waals surface area contributed by atoms with Crippen molar-refractivity contribution in [2.24, 2.45) is 5.92 Å². The van der Waals surface area contributed by atoms with Crippen LogP contribution in [0.15, 0.2) is 48.5 Å². The summed E-state index contributed by atoms with van der Waals surface area (Å²) in [5, 5.41) is 10.4. The molecule has 4 nitrogen and oxygen atoms in total. The number of hydrogen-bond donors (Lipinski definition) is 0. The first-order valence-electron chi connectivity index (χ1n) is 6.38. The molecular formula is C16H18NO3Y-. The first-order valence-corrected chi connectivity index (χ1v) is 6.38. The summed E-state index contributed by atoms with van der Waals surface area (Å²) in [6, 6.07) is 16.1. The Kier molecular flexibility index (Phi) is 9.84. The number of nitrogens with zero attached hydrogens (tertiary/aromatic N) is 1. The fraction of sp³-hybridized carbons (Fsp3) is 0.250. The molecule has 0 heterocycles. The predicted molar refractivity (Wildman–Crippen MR) is 79.0 cm³/mol. The van der Waals surface area contributed by atoms with Crippen LogP contribution >= 0.6 is 0 Å². The second-order valence-corrected chi connectivity index (χ2v) is 4.81. The largest absolute Gasteiger partial charge is 0.517 e. The quantitative estimate of drug-likeness (QED) is 0.446. The van der Waals surface area contributed by atoms with E-state index in [1.807, 2.05) is 18.2 Å². The van der Waals surface area contributed by atoms with Crippen LogP contribution < -0.4 is 4.74 Å². The third-order valence-electron chi connectivity index (χ3n) is 1.94. The molecule has 2 aromatic carbocycles. The molecule has 0 aliphatic carbocycles. The van der Waals surface area contributed by atoms with E-state index in [9.17, 15) is 10.1 Å². The number of non-ortho nitro benzene ring substituents is 1. The third kappa shape index (κ3) is 8.58. The zero-order valence-electron chi connectivity index (χ0n) is 12.4. The standard InChI is InChI=1S/C12H8NO3.C4H10.Y/c14-13(15)10-6-8-12(9-7-10)16-11-4-2-1-3-5-11;1-4(2)3;/h1-6,8-9H;4H,1-3H3;/q-1;;. The van der Waals surface area contributed by atoms with Gasteiger partial charge in [-0.25, -0.2) is 0 Å². The van der Waals surface area contributed by atoms with Crippen LogP contribution in [0.25, 0.3) is 0 Å². The van der Waals surface area contributed by atoms with Gasteiger partial charge in [0.25, 0.3) is 0 Å². The summed E-state index contributed by atoms with van der Waals surface area (Å²) in [5.74, 6) is 2.04. The SMILES string of the molecule is CC(C)C.O=[N+]([O-])c1[c-]cc(Oc2ccccc2)cc1.[Y]. The van der Waals surface area contributed by atoms with Crippen molar-refractivity contribution < 1.29 is 42.4 Å². The smallest absolute Gasteiger partial charge is 0.162 e. The Morgan fingerprint density at radius 3 is 2.05 bits per heavy atom. The minimum atomic E-state index is -0.494. The molecule has 0 aliphatic rings. The summed E-state index contributed by atoms with van der Waals surface area (Å²) < 4.78 is 5.46. The number of para-hydroxylation sites is 1. The molecule has 0 bridgehead atoms. The second kappa shape index (κ2) is 10.5. The van der Waals surface area contributed by atoms with Crippen molar-refractivity contribution in [2.75, 3.05) is 0 Å². The van der Waals surface area contributed by atoms with Crippen LogP contribution in [0.3, 0.4) is 0 Å². The third-order valence-corrected chi connectivity index (χ3v) is 1.94. The summed E-state index contributed by atoms with van der Waals surface area (Å²) in [6.45, 7) is 6.50. The molecule has 1 radical (unpaired) electrons. The Balaban J connectivity index is 0.000000715. The van der Waals surface area contributed by atoms with Crippen LogP contribution in [0.5, 0.6) is 11.5 Å². The Morgan fingerprint density at radius 2 is 1.62 bits per heavy atom. The molecule has 21 heavy (non-hydrogen) atoms. The molecule has 109 valence electrons. The molecule has 0 spiro atoms. The Morgan fingerprint density at radius 1 is 1.05 bits per heavy atom. The molecule has 0 amide bonds. The summed E-state index contributed by atoms with van der Waals surface area (Å²) in [5.41, 5.74) is -0.0691. The first kappa shape index (κ1) is 19.7. The number of ether oxygens (including phenoxy) is 1. The number of nitro benzene ring substituents is 1. The van der Waals surface area contributed by atoms with Gasteiger partial charge in [-0.1, -0.05) is 51.1 Å². The van der Waals surface area contributed by atoms with E-state index >= 15 is 0 Å². The van der Waals surface area contributed by atoms with E-state index in [-0.39, 0.29) is 38.4 Å². The monoisotopic (exact) mass is 361 g/mol. The van der Waals surface area contributed by atoms with Crippen molar-refractivity contribution in [3.05, 3.63) is 64.7 Å². The Bertz CT molecular complexity index is 524. The molecule has 0 atom stereocenters. The molecule has 2 rings (SSSR count). The summed E-state index contributed by atoms with van der Waals surface area (Å²) in [6.07, 6.45) is 0. The van der Waals surface area contributed by atoms with Crippen molar-refractivity contribution in [3.8, 4) is 11.5 Å². The van der Waals surface area contributed by atoms with Gasteiger partial charge < -0.3 is 4.74 Å². The van der Waals surface area contributed by atoms with Gasteiger partial charge in [-0.2, -0.15) is 0 Å². The molecule has 0 aliphatic heterocycles. The molecule has 0 N–H and O–H groups in total. The molecule has 5 heteroatoms. The average molecular weight is 361 g/mol. The van der Waals surface area contributed by atoms with Gasteiger partial charge in [-0.05, 0) is 18.1 Å². The van der Waals surface area contributed by atoms with E-state index in [1.165, 1.54) is 12.1 Å². The minimum absolute atomic E-state index is 0. The van der Waals surface area contributed by atoms with E-state index in [1.54, 1.807) is 18.2 Å². The number of hydrogen-bond acceptors (Lipinski definition) is 3. The molecule has 0 aromatic heterocycles. The van der Waals surface area contributed by atoms with Crippen molar-refractivity contribution in [3.63, 3.8) is 0 Å². The van der Waals surface area contributed by atoms with Crippen molar-refractivity contribution in [1.29, 1.82) is 0 Å². The summed E-state index contributed by atoms with van der Waals surface area (Å²) in [7, 11) is 0. The zero-order valence-corrected chi connectivity index (χ0v) is 15.3. The molecular weight excluding hydrogens is 343 g/mol. The van der Waals surface area contributed by atoms with Gasteiger partial charge in [-0.3, -0.25) is 10.1 Å². The van der Waals surface area contributed by atoms with Gasteiger partial charge in [-0.15, -0.1) is 12.1 Å². The van der Waals surface area contributed by atoms with E-state index in [0.29, 0.717) is 11.5 Å². The fourth-order valence-corrected chi connectivity index (χ4v) is 1.20. The number of rotatable bonds is 3. The van der Waals surface area contributed by atoms with Crippen LogP contribution in [-0.2, 0) is 32.7 Å². The number of benzene rings is 2. The molecule has 2 aromatic rings. The average Bonchev–Trinajstić information content (AvgIpc) is 2.40. The summed E-state index contributed by atoms with van der Waals surface area (Å²) >= 11 is 0. The van der Waals surface area contributed by atoms with Crippen molar-refractivity contribution in [2.45, 2.75) is 20.8 Å². The Labute approximate surface area is 150 Å². The van der Waals surface area contributed by atoms with E-state index in [2.05, 4.69) is 26.8 Å². The van der Waals surface area contributed by atoms with E-state index < -0.39 is 4.92 Å². The van der Waals surface area contributed by atoms with Crippen LogP contribution in [0.1, 0.15) is 20.8 Å². The maximum Gasteiger partial charge on any atom is 0.162 e.